The van der Waals surface area contributed by atoms with E-state index >= 15 is 0 Å². The minimum Gasteiger partial charge on any atom is -0.479 e. The molecule has 2 N–H and O–H groups in total. The van der Waals surface area contributed by atoms with Gasteiger partial charge < -0.3 is 14.7 Å². The average molecular weight is 513 g/mol. The van der Waals surface area contributed by atoms with Gasteiger partial charge in [0.1, 0.15) is 6.33 Å². The van der Waals surface area contributed by atoms with Crippen molar-refractivity contribution in [1.82, 2.24) is 24.8 Å². The van der Waals surface area contributed by atoms with E-state index in [2.05, 4.69) is 49.4 Å². The molecule has 2 aromatic heterocycles. The molecule has 35 heavy (non-hydrogen) atoms. The normalized spacial score (nSPS) is 14.2. The van der Waals surface area contributed by atoms with Crippen LogP contribution in [0.1, 0.15) is 5.56 Å². The maximum atomic E-state index is 12.6. The number of benzene rings is 1. The van der Waals surface area contributed by atoms with Gasteiger partial charge in [0.05, 0.1) is 7.11 Å². The topological polar surface area (TPSA) is 121 Å². The molecule has 2 amide bonds. The lowest BCUT2D eigenvalue weighted by Gasteiger charge is -2.34. The fourth-order valence-corrected chi connectivity index (χ4v) is 4.00. The molecule has 0 bridgehead atoms. The number of nitrogens with zero attached hydrogens (tertiary/aromatic N) is 5. The number of alkyl halides is 3. The number of piperazine rings is 1. The fourth-order valence-electron chi connectivity index (χ4n) is 3.21. The number of fused-ring (bicyclic) bond motifs is 1. The van der Waals surface area contributed by atoms with Gasteiger partial charge in [-0.1, -0.05) is 41.7 Å². The molecule has 10 nitrogen and oxygen atoms in total. The van der Waals surface area contributed by atoms with Crippen LogP contribution in [0.3, 0.4) is 0 Å². The number of nitrogens with one attached hydrogen (secondary N) is 1. The van der Waals surface area contributed by atoms with E-state index in [0.717, 1.165) is 26.1 Å². The van der Waals surface area contributed by atoms with E-state index in [4.69, 9.17) is 14.6 Å². The first kappa shape index (κ1) is 26.1. The van der Waals surface area contributed by atoms with Gasteiger partial charge in [-0.15, -0.1) is 0 Å². The molecule has 0 spiro atoms. The first-order valence-corrected chi connectivity index (χ1v) is 11.3. The number of ether oxygens (including phenoxy) is 1. The quantitative estimate of drug-likeness (QED) is 0.535. The maximum Gasteiger partial charge on any atom is 0.490 e. The van der Waals surface area contributed by atoms with Crippen LogP contribution in [0.5, 0.6) is 5.88 Å². The van der Waals surface area contributed by atoms with E-state index in [9.17, 15) is 18.0 Å². The third-order valence-corrected chi connectivity index (χ3v) is 5.91. The van der Waals surface area contributed by atoms with E-state index in [1.165, 1.54) is 30.3 Å². The largest absolute Gasteiger partial charge is 0.490 e. The molecule has 3 heterocycles. The van der Waals surface area contributed by atoms with Gasteiger partial charge in [0.15, 0.2) is 15.5 Å². The Bertz CT molecular complexity index is 1140. The summed E-state index contributed by atoms with van der Waals surface area (Å²) in [6.45, 7) is 4.16. The monoisotopic (exact) mass is 512 g/mol. The van der Waals surface area contributed by atoms with Gasteiger partial charge in [0.25, 0.3) is 0 Å². The lowest BCUT2D eigenvalue weighted by Crippen LogP contribution is -2.50. The Kier molecular flexibility index (Phi) is 8.76. The van der Waals surface area contributed by atoms with Crippen LogP contribution < -0.4 is 10.1 Å². The number of halogens is 3. The number of aliphatic carboxylic acids is 1. The Morgan fingerprint density at radius 2 is 1.80 bits per heavy atom. The van der Waals surface area contributed by atoms with Crippen LogP contribution in [0, 0.1) is 0 Å². The molecule has 14 heteroatoms. The van der Waals surface area contributed by atoms with Gasteiger partial charge in [-0.25, -0.2) is 19.6 Å². The number of methoxy groups -OCH3 is 1. The maximum absolute atomic E-state index is 12.6. The second kappa shape index (κ2) is 11.8. The van der Waals surface area contributed by atoms with Crippen LogP contribution in [0.25, 0.3) is 10.3 Å². The fraction of sp³-hybridized carbons (Fsp3) is 0.381. The van der Waals surface area contributed by atoms with Gasteiger partial charge >= 0.3 is 18.2 Å². The highest BCUT2D eigenvalue weighted by Crippen LogP contribution is 2.29. The summed E-state index contributed by atoms with van der Waals surface area (Å²) < 4.78 is 36.9. The molecule has 1 saturated heterocycles. The van der Waals surface area contributed by atoms with Gasteiger partial charge in [0.2, 0.25) is 5.88 Å². The predicted octanol–water partition coefficient (Wildman–Crippen LogP) is 3.12. The van der Waals surface area contributed by atoms with E-state index in [1.54, 1.807) is 0 Å². The zero-order chi connectivity index (χ0) is 25.4. The number of carboxylic acids is 1. The van der Waals surface area contributed by atoms with Gasteiger partial charge in [-0.3, -0.25) is 10.2 Å². The van der Waals surface area contributed by atoms with Crippen molar-refractivity contribution in [3.05, 3.63) is 42.2 Å². The second-order valence-corrected chi connectivity index (χ2v) is 8.33. The van der Waals surface area contributed by atoms with Crippen LogP contribution >= 0.6 is 11.3 Å². The van der Waals surface area contributed by atoms with Crippen molar-refractivity contribution < 1.29 is 32.6 Å². The van der Waals surface area contributed by atoms with Crippen LogP contribution in [-0.4, -0.2) is 87.9 Å². The number of rotatable bonds is 5. The molecule has 3 aromatic rings. The molecule has 1 aromatic carbocycles. The first-order chi connectivity index (χ1) is 16.7. The number of urea groups is 1. The van der Waals surface area contributed by atoms with Crippen molar-refractivity contribution in [2.75, 3.05) is 45.2 Å². The van der Waals surface area contributed by atoms with Crippen molar-refractivity contribution in [2.24, 2.45) is 0 Å². The number of anilines is 1. The molecule has 1 aliphatic heterocycles. The average Bonchev–Trinajstić information content (AvgIpc) is 3.26. The summed E-state index contributed by atoms with van der Waals surface area (Å²) in [6.07, 6.45) is -2.62. The molecule has 0 atom stereocenters. The summed E-state index contributed by atoms with van der Waals surface area (Å²) in [6, 6.07) is 10.4. The Labute approximate surface area is 202 Å². The lowest BCUT2D eigenvalue weighted by atomic mass is 10.1. The first-order valence-electron chi connectivity index (χ1n) is 10.4. The number of hydrogen-bond acceptors (Lipinski definition) is 8. The van der Waals surface area contributed by atoms with Gasteiger partial charge in [-0.05, 0) is 12.0 Å². The van der Waals surface area contributed by atoms with Gasteiger partial charge in [-0.2, -0.15) is 18.2 Å². The Morgan fingerprint density at radius 1 is 1.14 bits per heavy atom. The number of carbonyl (C=O) groups excluding carboxylic acids is 1. The summed E-state index contributed by atoms with van der Waals surface area (Å²) in [5.74, 6) is -2.35. The molecule has 0 saturated carbocycles. The summed E-state index contributed by atoms with van der Waals surface area (Å²) in [5, 5.41) is 10.5. The third kappa shape index (κ3) is 7.48. The summed E-state index contributed by atoms with van der Waals surface area (Å²) in [5.41, 5.74) is 1.91. The Hall–Kier alpha value is -3.52. The van der Waals surface area contributed by atoms with E-state index in [1.807, 2.05) is 11.0 Å². The minimum absolute atomic E-state index is 0.131. The van der Waals surface area contributed by atoms with Crippen LogP contribution in [0.15, 0.2) is 36.7 Å². The summed E-state index contributed by atoms with van der Waals surface area (Å²) >= 11 is 1.31. The molecule has 1 aliphatic rings. The highest BCUT2D eigenvalue weighted by Gasteiger charge is 2.38. The predicted molar refractivity (Wildman–Crippen MR) is 123 cm³/mol. The molecular formula is C21H23F3N6O4S. The van der Waals surface area contributed by atoms with Crippen molar-refractivity contribution >= 4 is 38.8 Å². The highest BCUT2D eigenvalue weighted by atomic mass is 32.1. The number of thiazole rings is 1. The zero-order valence-electron chi connectivity index (χ0n) is 18.7. The van der Waals surface area contributed by atoms with E-state index in [0.29, 0.717) is 34.4 Å². The smallest absolute Gasteiger partial charge is 0.479 e. The Balaban J connectivity index is 0.000000429. The molecule has 0 radical (unpaired) electrons. The van der Waals surface area contributed by atoms with Crippen LogP contribution in [0.4, 0.5) is 23.1 Å². The standard InChI is InChI=1S/C19H22N6O2S.C2HF3O2/c1-27-16-15-17(21-13-20-16)28-18(22-15)23-19(26)25-11-9-24(10-12-25)8-7-14-5-3-2-4-6-14;3-2(4,5)1(6)7/h2-6,13H,7-12H2,1H3,(H,22,23,26);(H,6,7). The third-order valence-electron chi connectivity index (χ3n) is 5.03. The van der Waals surface area contributed by atoms with Crippen LogP contribution in [-0.2, 0) is 11.2 Å². The van der Waals surface area contributed by atoms with Crippen molar-refractivity contribution in [3.63, 3.8) is 0 Å². The van der Waals surface area contributed by atoms with Crippen LogP contribution in [0.2, 0.25) is 0 Å². The van der Waals surface area contributed by atoms with Crippen molar-refractivity contribution in [2.45, 2.75) is 12.6 Å². The number of aromatic nitrogens is 3. The van der Waals surface area contributed by atoms with Crippen molar-refractivity contribution in [3.8, 4) is 5.88 Å². The number of amides is 2. The molecular weight excluding hydrogens is 489 g/mol. The molecule has 188 valence electrons. The lowest BCUT2D eigenvalue weighted by molar-refractivity contribution is -0.192. The summed E-state index contributed by atoms with van der Waals surface area (Å²) in [4.78, 5) is 39.0. The van der Waals surface area contributed by atoms with Crippen molar-refractivity contribution in [1.29, 1.82) is 0 Å². The highest BCUT2D eigenvalue weighted by molar-refractivity contribution is 7.22. The molecule has 4 rings (SSSR count). The summed E-state index contributed by atoms with van der Waals surface area (Å²) in [7, 11) is 1.54. The molecule has 0 unspecified atom stereocenters. The number of carboxylic acid groups (broad SMARTS) is 1. The number of carbonyl (C=O) groups is 2. The minimum atomic E-state index is -5.08. The molecule has 0 aliphatic carbocycles. The van der Waals surface area contributed by atoms with E-state index in [-0.39, 0.29) is 6.03 Å². The SMILES string of the molecule is COc1ncnc2sc(NC(=O)N3CCN(CCc4ccccc4)CC3)nc12.O=C(O)C(F)(F)F. The van der Waals surface area contributed by atoms with Gasteiger partial charge in [0, 0.05) is 32.7 Å². The van der Waals surface area contributed by atoms with E-state index < -0.39 is 12.1 Å². The zero-order valence-corrected chi connectivity index (χ0v) is 19.5. The Morgan fingerprint density at radius 3 is 2.40 bits per heavy atom. The number of hydrogen-bond donors (Lipinski definition) is 2. The second-order valence-electron chi connectivity index (χ2n) is 7.35. The molecule has 1 fully saturated rings.